The van der Waals surface area contributed by atoms with E-state index in [1.165, 1.54) is 25.3 Å². The van der Waals surface area contributed by atoms with E-state index in [0.29, 0.717) is 24.3 Å². The Morgan fingerprint density at radius 2 is 2.15 bits per heavy atom. The van der Waals surface area contributed by atoms with Crippen LogP contribution in [0.4, 0.5) is 4.39 Å². The van der Waals surface area contributed by atoms with Gasteiger partial charge in [-0.3, -0.25) is 4.79 Å². The molecule has 0 saturated heterocycles. The quantitative estimate of drug-likeness (QED) is 0.445. The summed E-state index contributed by atoms with van der Waals surface area (Å²) in [5.74, 6) is 1.48. The summed E-state index contributed by atoms with van der Waals surface area (Å²) in [6, 6.07) is 9.14. The number of rotatable bonds is 9. The van der Waals surface area contributed by atoms with Crippen LogP contribution in [0.3, 0.4) is 0 Å². The molecule has 7 heteroatoms. The predicted molar refractivity (Wildman–Crippen MR) is 130 cm³/mol. The molecule has 1 aromatic heterocycles. The van der Waals surface area contributed by atoms with Crippen LogP contribution in [0.1, 0.15) is 42.4 Å². The van der Waals surface area contributed by atoms with Gasteiger partial charge in [-0.05, 0) is 73.4 Å². The number of nitrogens with two attached hydrogens (primary N) is 1. The number of H-pyrrole nitrogens is 1. The third kappa shape index (κ3) is 4.62. The maximum atomic E-state index is 13.8. The Balaban J connectivity index is 1.31. The second-order valence-electron chi connectivity index (χ2n) is 9.60. The van der Waals surface area contributed by atoms with Crippen LogP contribution in [-0.2, 0) is 24.1 Å². The van der Waals surface area contributed by atoms with Crippen LogP contribution in [-0.4, -0.2) is 36.7 Å². The molecule has 34 heavy (non-hydrogen) atoms. The smallest absolute Gasteiger partial charge is 0.221 e. The zero-order valence-corrected chi connectivity index (χ0v) is 19.5. The normalized spacial score (nSPS) is 18.7. The van der Waals surface area contributed by atoms with Crippen LogP contribution in [0.25, 0.3) is 10.9 Å². The number of fused-ring (bicyclic) bond motifs is 2. The van der Waals surface area contributed by atoms with Crippen molar-refractivity contribution in [3.05, 3.63) is 59.0 Å². The summed E-state index contributed by atoms with van der Waals surface area (Å²) in [5, 5.41) is 4.84. The van der Waals surface area contributed by atoms with Crippen molar-refractivity contribution in [2.75, 3.05) is 13.7 Å². The average molecular weight is 466 g/mol. The van der Waals surface area contributed by atoms with Crippen LogP contribution in [0.5, 0.6) is 11.5 Å². The molecule has 5 rings (SSSR count). The van der Waals surface area contributed by atoms with Crippen molar-refractivity contribution < 1.29 is 18.7 Å². The Hall–Kier alpha value is -3.06. The molecule has 1 aliphatic heterocycles. The lowest BCUT2D eigenvalue weighted by Gasteiger charge is -2.38. The van der Waals surface area contributed by atoms with Crippen molar-refractivity contribution in [2.24, 2.45) is 11.7 Å². The van der Waals surface area contributed by atoms with Gasteiger partial charge in [0.15, 0.2) is 11.5 Å². The van der Waals surface area contributed by atoms with Gasteiger partial charge in [0.25, 0.3) is 0 Å². The minimum atomic E-state index is -0.357. The first-order valence-electron chi connectivity index (χ1n) is 12.1. The SMILES string of the molecule is COc1ccc(CC(N)=O)c2c1OC[C@H](NC(CCc1c[nH]c3ccc(F)cc13)C1CCC1)C2. The second-order valence-corrected chi connectivity index (χ2v) is 9.60. The van der Waals surface area contributed by atoms with E-state index >= 15 is 0 Å². The third-order valence-corrected chi connectivity index (χ3v) is 7.41. The summed E-state index contributed by atoms with van der Waals surface area (Å²) in [7, 11) is 1.63. The molecule has 0 bridgehead atoms. The summed E-state index contributed by atoms with van der Waals surface area (Å²) in [6.07, 6.45) is 8.53. The van der Waals surface area contributed by atoms with E-state index in [9.17, 15) is 9.18 Å². The molecule has 2 aliphatic rings. The molecule has 4 N–H and O–H groups in total. The number of halogens is 1. The minimum absolute atomic E-state index is 0.136. The molecule has 2 atom stereocenters. The van der Waals surface area contributed by atoms with Crippen molar-refractivity contribution in [3.8, 4) is 11.5 Å². The molecule has 0 radical (unpaired) electrons. The van der Waals surface area contributed by atoms with Crippen LogP contribution < -0.4 is 20.5 Å². The number of hydrogen-bond donors (Lipinski definition) is 3. The Kier molecular flexibility index (Phi) is 6.46. The van der Waals surface area contributed by atoms with Crippen molar-refractivity contribution in [2.45, 2.75) is 57.0 Å². The van der Waals surface area contributed by atoms with E-state index in [4.69, 9.17) is 15.2 Å². The molecule has 1 fully saturated rings. The van der Waals surface area contributed by atoms with Crippen molar-refractivity contribution in [3.63, 3.8) is 0 Å². The number of carbonyl (C=O) groups is 1. The monoisotopic (exact) mass is 465 g/mol. The number of aromatic amines is 1. The van der Waals surface area contributed by atoms with Gasteiger partial charge in [0, 0.05) is 34.7 Å². The molecule has 1 saturated carbocycles. The highest BCUT2D eigenvalue weighted by molar-refractivity contribution is 5.83. The van der Waals surface area contributed by atoms with Gasteiger partial charge in [0.2, 0.25) is 5.91 Å². The van der Waals surface area contributed by atoms with Crippen LogP contribution in [0.15, 0.2) is 36.5 Å². The first-order chi connectivity index (χ1) is 16.5. The van der Waals surface area contributed by atoms with Gasteiger partial charge in [0.05, 0.1) is 13.5 Å². The van der Waals surface area contributed by atoms with Gasteiger partial charge in [-0.1, -0.05) is 12.5 Å². The van der Waals surface area contributed by atoms with Gasteiger partial charge < -0.3 is 25.5 Å². The molecule has 1 aliphatic carbocycles. The van der Waals surface area contributed by atoms with Crippen molar-refractivity contribution in [1.82, 2.24) is 10.3 Å². The highest BCUT2D eigenvalue weighted by Gasteiger charge is 2.32. The van der Waals surface area contributed by atoms with Crippen molar-refractivity contribution >= 4 is 16.8 Å². The van der Waals surface area contributed by atoms with Crippen LogP contribution >= 0.6 is 0 Å². The summed E-state index contributed by atoms with van der Waals surface area (Å²) in [4.78, 5) is 14.9. The van der Waals surface area contributed by atoms with Crippen molar-refractivity contribution in [1.29, 1.82) is 0 Å². The molecule has 1 amide bonds. The predicted octanol–water partition coefficient (Wildman–Crippen LogP) is 4.04. The van der Waals surface area contributed by atoms with Crippen LogP contribution in [0.2, 0.25) is 0 Å². The number of aromatic nitrogens is 1. The average Bonchev–Trinajstić information content (AvgIpc) is 3.18. The van der Waals surface area contributed by atoms with Gasteiger partial charge in [-0.25, -0.2) is 4.39 Å². The Labute approximate surface area is 199 Å². The number of benzene rings is 2. The standard InChI is InChI=1S/C27H32FN3O3/c1-33-25-10-6-17(11-26(29)32)22-13-20(15-34-27(22)25)31-23(16-3-2-4-16)8-5-18-14-30-24-9-7-19(28)12-21(18)24/h6-7,9-10,12,14,16,20,23,30-31H,2-5,8,11,13,15H2,1H3,(H2,29,32)/t20-,23?/m1/s1. The van der Waals surface area contributed by atoms with E-state index < -0.39 is 0 Å². The van der Waals surface area contributed by atoms with E-state index in [-0.39, 0.29) is 24.2 Å². The Bertz CT molecular complexity index is 1190. The summed E-state index contributed by atoms with van der Waals surface area (Å²) < 4.78 is 25.4. The highest BCUT2D eigenvalue weighted by Crippen LogP contribution is 2.38. The lowest BCUT2D eigenvalue weighted by Crippen LogP contribution is -2.49. The number of primary amides is 1. The number of nitrogens with one attached hydrogen (secondary N) is 2. The number of ether oxygens (including phenoxy) is 2. The number of methoxy groups -OCH3 is 1. The molecule has 180 valence electrons. The fourth-order valence-electron chi connectivity index (χ4n) is 5.41. The lowest BCUT2D eigenvalue weighted by atomic mass is 9.77. The van der Waals surface area contributed by atoms with Crippen LogP contribution in [0, 0.1) is 11.7 Å². The zero-order valence-electron chi connectivity index (χ0n) is 19.5. The Morgan fingerprint density at radius 3 is 2.88 bits per heavy atom. The molecule has 3 aromatic rings. The fraction of sp³-hybridized carbons (Fsp3) is 0.444. The summed E-state index contributed by atoms with van der Waals surface area (Å²) >= 11 is 0. The number of amides is 1. The van der Waals surface area contributed by atoms with E-state index in [2.05, 4.69) is 10.3 Å². The number of carbonyl (C=O) groups excluding carboxylic acids is 1. The molecular formula is C27H32FN3O3. The van der Waals surface area contributed by atoms with Gasteiger partial charge >= 0.3 is 0 Å². The van der Waals surface area contributed by atoms with E-state index in [1.807, 2.05) is 18.3 Å². The van der Waals surface area contributed by atoms with Gasteiger partial charge in [0.1, 0.15) is 12.4 Å². The maximum absolute atomic E-state index is 13.8. The number of aryl methyl sites for hydroxylation is 1. The lowest BCUT2D eigenvalue weighted by molar-refractivity contribution is -0.117. The first-order valence-corrected chi connectivity index (χ1v) is 12.1. The topological polar surface area (TPSA) is 89.4 Å². The third-order valence-electron chi connectivity index (χ3n) is 7.41. The molecule has 1 unspecified atom stereocenters. The molecule has 0 spiro atoms. The molecule has 2 aromatic carbocycles. The second kappa shape index (κ2) is 9.66. The zero-order chi connectivity index (χ0) is 23.7. The molecule has 6 nitrogen and oxygen atoms in total. The maximum Gasteiger partial charge on any atom is 0.221 e. The van der Waals surface area contributed by atoms with E-state index in [0.717, 1.165) is 52.6 Å². The largest absolute Gasteiger partial charge is 0.493 e. The van der Waals surface area contributed by atoms with Gasteiger partial charge in [-0.15, -0.1) is 0 Å². The first kappa shape index (κ1) is 22.7. The summed E-state index contributed by atoms with van der Waals surface area (Å²) in [6.45, 7) is 0.547. The Morgan fingerprint density at radius 1 is 1.29 bits per heavy atom. The summed E-state index contributed by atoms with van der Waals surface area (Å²) in [5.41, 5.74) is 9.51. The minimum Gasteiger partial charge on any atom is -0.493 e. The molecular weight excluding hydrogens is 433 g/mol. The molecule has 2 heterocycles. The number of hydrogen-bond acceptors (Lipinski definition) is 4. The van der Waals surface area contributed by atoms with E-state index in [1.54, 1.807) is 19.2 Å². The fourth-order valence-corrected chi connectivity index (χ4v) is 5.41. The highest BCUT2D eigenvalue weighted by atomic mass is 19.1. The van der Waals surface area contributed by atoms with Gasteiger partial charge in [-0.2, -0.15) is 0 Å².